The van der Waals surface area contributed by atoms with E-state index >= 15 is 0 Å². The molecule has 1 aliphatic rings. The van der Waals surface area contributed by atoms with Crippen molar-refractivity contribution in [3.8, 4) is 11.3 Å². The third-order valence-electron chi connectivity index (χ3n) is 3.47. The first-order valence-electron chi connectivity index (χ1n) is 6.26. The molecule has 3 rings (SSSR count). The van der Waals surface area contributed by atoms with Crippen molar-refractivity contribution in [2.24, 2.45) is 0 Å². The molecular formula is C13H14BrN3O2S. The van der Waals surface area contributed by atoms with Gasteiger partial charge in [-0.2, -0.15) is 5.10 Å². The van der Waals surface area contributed by atoms with Crippen molar-refractivity contribution >= 4 is 31.6 Å². The number of hydrogen-bond acceptors (Lipinski definition) is 4. The molecule has 1 saturated heterocycles. The minimum Gasteiger partial charge on any atom is -0.384 e. The Morgan fingerprint density at radius 3 is 2.75 bits per heavy atom. The number of benzene rings is 1. The molecule has 2 heterocycles. The van der Waals surface area contributed by atoms with Gasteiger partial charge in [-0.15, -0.1) is 0 Å². The summed E-state index contributed by atoms with van der Waals surface area (Å²) in [6, 6.07) is 9.36. The van der Waals surface area contributed by atoms with Gasteiger partial charge >= 0.3 is 0 Å². The summed E-state index contributed by atoms with van der Waals surface area (Å²) in [4.78, 5) is 0. The molecule has 1 atom stereocenters. The van der Waals surface area contributed by atoms with Gasteiger partial charge in [-0.25, -0.2) is 13.1 Å². The molecule has 20 heavy (non-hydrogen) atoms. The highest BCUT2D eigenvalue weighted by Gasteiger charge is 2.31. The third kappa shape index (κ3) is 2.47. The molecule has 0 radical (unpaired) electrons. The number of nitrogen functional groups attached to an aromatic ring is 1. The van der Waals surface area contributed by atoms with Crippen LogP contribution < -0.4 is 5.73 Å². The number of aromatic nitrogens is 2. The first-order chi connectivity index (χ1) is 9.46. The summed E-state index contributed by atoms with van der Waals surface area (Å²) < 4.78 is 25.7. The highest BCUT2D eigenvalue weighted by Crippen LogP contribution is 2.31. The Labute approximate surface area is 125 Å². The van der Waals surface area contributed by atoms with Gasteiger partial charge in [0.2, 0.25) is 0 Å². The second-order valence-corrected chi connectivity index (χ2v) is 8.02. The smallest absolute Gasteiger partial charge is 0.152 e. The van der Waals surface area contributed by atoms with Crippen LogP contribution in [0.15, 0.2) is 34.8 Å². The monoisotopic (exact) mass is 355 g/mol. The van der Waals surface area contributed by atoms with Crippen molar-refractivity contribution in [1.29, 1.82) is 0 Å². The van der Waals surface area contributed by atoms with E-state index in [1.807, 2.05) is 24.3 Å². The fourth-order valence-corrected chi connectivity index (χ4v) is 4.65. The van der Waals surface area contributed by atoms with Crippen LogP contribution in [-0.4, -0.2) is 29.7 Å². The molecule has 1 aromatic carbocycles. The average Bonchev–Trinajstić information content (AvgIpc) is 2.93. The van der Waals surface area contributed by atoms with Crippen LogP contribution in [0.4, 0.5) is 5.82 Å². The van der Waals surface area contributed by atoms with Gasteiger partial charge in [0.05, 0.1) is 23.2 Å². The van der Waals surface area contributed by atoms with Gasteiger partial charge in [0, 0.05) is 16.1 Å². The Hall–Kier alpha value is -1.34. The molecule has 0 bridgehead atoms. The van der Waals surface area contributed by atoms with Gasteiger partial charge in [0.25, 0.3) is 0 Å². The SMILES string of the molecule is Nc1cc(-c2ccccc2Br)nn1C1CCS(=O)(=O)C1. The summed E-state index contributed by atoms with van der Waals surface area (Å²) in [6.07, 6.45) is 0.573. The van der Waals surface area contributed by atoms with Crippen molar-refractivity contribution in [3.63, 3.8) is 0 Å². The van der Waals surface area contributed by atoms with E-state index < -0.39 is 9.84 Å². The summed E-state index contributed by atoms with van der Waals surface area (Å²) in [5.74, 6) is 0.827. The second-order valence-electron chi connectivity index (χ2n) is 4.94. The highest BCUT2D eigenvalue weighted by molar-refractivity contribution is 9.10. The number of rotatable bonds is 2. The number of sulfone groups is 1. The predicted octanol–water partition coefficient (Wildman–Crippen LogP) is 2.25. The standard InChI is InChI=1S/C13H14BrN3O2S/c14-11-4-2-1-3-10(11)12-7-13(15)17(16-12)9-5-6-20(18,19)8-9/h1-4,7,9H,5-6,8,15H2. The van der Waals surface area contributed by atoms with Crippen LogP contribution >= 0.6 is 15.9 Å². The quantitative estimate of drug-likeness (QED) is 0.895. The largest absolute Gasteiger partial charge is 0.384 e. The normalized spacial score (nSPS) is 21.1. The summed E-state index contributed by atoms with van der Waals surface area (Å²) in [5.41, 5.74) is 7.68. The molecule has 1 aromatic heterocycles. The first kappa shape index (κ1) is 13.6. The van der Waals surface area contributed by atoms with Crippen LogP contribution in [0, 0.1) is 0 Å². The van der Waals surface area contributed by atoms with E-state index in [1.54, 1.807) is 10.7 Å². The van der Waals surface area contributed by atoms with Crippen LogP contribution in [0.3, 0.4) is 0 Å². The number of anilines is 1. The van der Waals surface area contributed by atoms with Crippen molar-refractivity contribution in [2.45, 2.75) is 12.5 Å². The van der Waals surface area contributed by atoms with Gasteiger partial charge in [-0.3, -0.25) is 0 Å². The average molecular weight is 356 g/mol. The fourth-order valence-electron chi connectivity index (χ4n) is 2.47. The van der Waals surface area contributed by atoms with E-state index in [9.17, 15) is 8.42 Å². The summed E-state index contributed by atoms with van der Waals surface area (Å²) in [5, 5.41) is 4.49. The van der Waals surface area contributed by atoms with Crippen molar-refractivity contribution < 1.29 is 8.42 Å². The lowest BCUT2D eigenvalue weighted by Crippen LogP contribution is -2.14. The van der Waals surface area contributed by atoms with E-state index in [2.05, 4.69) is 21.0 Å². The Bertz CT molecular complexity index is 755. The lowest BCUT2D eigenvalue weighted by molar-refractivity contribution is 0.508. The molecule has 7 heteroatoms. The molecule has 0 aliphatic carbocycles. The molecule has 5 nitrogen and oxygen atoms in total. The third-order valence-corrected chi connectivity index (χ3v) is 5.91. The van der Waals surface area contributed by atoms with Crippen LogP contribution in [-0.2, 0) is 9.84 Å². The number of hydrogen-bond donors (Lipinski definition) is 1. The molecule has 0 spiro atoms. The number of nitrogens with two attached hydrogens (primary N) is 1. The zero-order valence-corrected chi connectivity index (χ0v) is 13.1. The molecule has 0 saturated carbocycles. The molecule has 2 aromatic rings. The van der Waals surface area contributed by atoms with Crippen LogP contribution in [0.1, 0.15) is 12.5 Å². The number of halogens is 1. The molecule has 1 unspecified atom stereocenters. The van der Waals surface area contributed by atoms with E-state index in [1.165, 1.54) is 0 Å². The van der Waals surface area contributed by atoms with Gasteiger partial charge in [0.1, 0.15) is 5.82 Å². The Morgan fingerprint density at radius 2 is 2.10 bits per heavy atom. The number of nitrogens with zero attached hydrogens (tertiary/aromatic N) is 2. The van der Waals surface area contributed by atoms with Gasteiger partial charge in [-0.05, 0) is 12.5 Å². The van der Waals surface area contributed by atoms with Crippen molar-refractivity contribution in [2.75, 3.05) is 17.2 Å². The fraction of sp³-hybridized carbons (Fsp3) is 0.308. The summed E-state index contributed by atoms with van der Waals surface area (Å²) in [6.45, 7) is 0. The molecule has 1 aliphatic heterocycles. The van der Waals surface area contributed by atoms with Crippen LogP contribution in [0.25, 0.3) is 11.3 Å². The van der Waals surface area contributed by atoms with E-state index in [-0.39, 0.29) is 17.5 Å². The van der Waals surface area contributed by atoms with Crippen LogP contribution in [0.5, 0.6) is 0 Å². The Morgan fingerprint density at radius 1 is 1.35 bits per heavy atom. The summed E-state index contributed by atoms with van der Waals surface area (Å²) in [7, 11) is -2.95. The Kier molecular flexibility index (Phi) is 3.33. The van der Waals surface area contributed by atoms with Gasteiger partial charge < -0.3 is 5.73 Å². The van der Waals surface area contributed by atoms with Crippen LogP contribution in [0.2, 0.25) is 0 Å². The molecule has 2 N–H and O–H groups in total. The molecule has 0 amide bonds. The van der Waals surface area contributed by atoms with Gasteiger partial charge in [0.15, 0.2) is 9.84 Å². The summed E-state index contributed by atoms with van der Waals surface area (Å²) >= 11 is 3.48. The van der Waals surface area contributed by atoms with Crippen molar-refractivity contribution in [3.05, 3.63) is 34.8 Å². The second kappa shape index (κ2) is 4.89. The van der Waals surface area contributed by atoms with Gasteiger partial charge in [-0.1, -0.05) is 34.1 Å². The highest BCUT2D eigenvalue weighted by atomic mass is 79.9. The zero-order valence-electron chi connectivity index (χ0n) is 10.7. The molecule has 1 fully saturated rings. The Balaban J connectivity index is 1.98. The van der Waals surface area contributed by atoms with E-state index in [4.69, 9.17) is 5.73 Å². The predicted molar refractivity (Wildman–Crippen MR) is 82.1 cm³/mol. The maximum atomic E-state index is 11.6. The molecular weight excluding hydrogens is 342 g/mol. The lowest BCUT2D eigenvalue weighted by atomic mass is 10.1. The maximum absolute atomic E-state index is 11.6. The van der Waals surface area contributed by atoms with E-state index in [0.29, 0.717) is 12.2 Å². The topological polar surface area (TPSA) is 78.0 Å². The first-order valence-corrected chi connectivity index (χ1v) is 8.88. The zero-order chi connectivity index (χ0) is 14.3. The minimum absolute atomic E-state index is 0.119. The lowest BCUT2D eigenvalue weighted by Gasteiger charge is -2.10. The minimum atomic E-state index is -2.95. The maximum Gasteiger partial charge on any atom is 0.152 e. The van der Waals surface area contributed by atoms with E-state index in [0.717, 1.165) is 15.7 Å². The molecule has 106 valence electrons. The van der Waals surface area contributed by atoms with Crippen molar-refractivity contribution in [1.82, 2.24) is 9.78 Å².